The minimum atomic E-state index is -0.983. The fraction of sp³-hybridized carbons (Fsp3) is 0.250. The average Bonchev–Trinajstić information content (AvgIpc) is 3.01. The third kappa shape index (κ3) is 4.19. The highest BCUT2D eigenvalue weighted by atomic mass is 16.6. The van der Waals surface area contributed by atoms with Crippen molar-refractivity contribution in [2.24, 2.45) is 0 Å². The molecule has 1 unspecified atom stereocenters. The molecule has 1 amide bonds. The van der Waals surface area contributed by atoms with Gasteiger partial charge in [0, 0.05) is 30.4 Å². The number of ketones is 1. The predicted octanol–water partition coefficient (Wildman–Crippen LogP) is 1.42. The molecule has 30 heavy (non-hydrogen) atoms. The zero-order valence-electron chi connectivity index (χ0n) is 15.8. The molecular weight excluding hydrogens is 394 g/mol. The second-order valence-electron chi connectivity index (χ2n) is 6.39. The van der Waals surface area contributed by atoms with E-state index in [1.54, 1.807) is 18.2 Å². The molecule has 156 valence electrons. The first-order valence-electron chi connectivity index (χ1n) is 9.08. The largest absolute Gasteiger partial charge is 0.507 e. The van der Waals surface area contributed by atoms with E-state index < -0.39 is 28.4 Å². The van der Waals surface area contributed by atoms with E-state index in [4.69, 9.17) is 9.84 Å². The van der Waals surface area contributed by atoms with Gasteiger partial charge >= 0.3 is 0 Å². The molecule has 0 aliphatic carbocycles. The number of nitro benzene ring substituents is 1. The number of carbonyl (C=O) groups excluding carboxylic acids is 2. The number of non-ortho nitro benzene ring substituents is 1. The Kier molecular flexibility index (Phi) is 6.50. The van der Waals surface area contributed by atoms with Crippen molar-refractivity contribution < 1.29 is 29.5 Å². The normalized spacial score (nSPS) is 18.0. The molecule has 2 heterocycles. The van der Waals surface area contributed by atoms with Crippen molar-refractivity contribution in [2.45, 2.75) is 6.04 Å². The molecule has 0 spiro atoms. The highest BCUT2D eigenvalue weighted by Gasteiger charge is 2.46. The van der Waals surface area contributed by atoms with E-state index in [1.807, 2.05) is 0 Å². The number of amides is 1. The number of likely N-dealkylation sites (tertiary alicyclic amines) is 1. The number of rotatable bonds is 8. The van der Waals surface area contributed by atoms with Crippen molar-refractivity contribution in [3.63, 3.8) is 0 Å². The van der Waals surface area contributed by atoms with Gasteiger partial charge < -0.3 is 19.8 Å². The molecule has 0 saturated carbocycles. The van der Waals surface area contributed by atoms with Crippen LogP contribution in [0.5, 0.6) is 0 Å². The number of aliphatic hydroxyl groups is 2. The highest BCUT2D eigenvalue weighted by Crippen LogP contribution is 2.38. The van der Waals surface area contributed by atoms with Gasteiger partial charge in [-0.1, -0.05) is 18.2 Å². The van der Waals surface area contributed by atoms with Crippen LogP contribution in [0, 0.1) is 10.1 Å². The lowest BCUT2D eigenvalue weighted by Crippen LogP contribution is -2.33. The molecule has 2 N–H and O–H groups in total. The lowest BCUT2D eigenvalue weighted by molar-refractivity contribution is -0.384. The van der Waals surface area contributed by atoms with E-state index in [1.165, 1.54) is 29.3 Å². The lowest BCUT2D eigenvalue weighted by atomic mass is 9.98. The summed E-state index contributed by atoms with van der Waals surface area (Å²) in [6.07, 6.45) is 1.49. The Morgan fingerprint density at radius 2 is 2.00 bits per heavy atom. The number of pyridine rings is 1. The second kappa shape index (κ2) is 9.25. The minimum absolute atomic E-state index is 0.0253. The molecule has 3 rings (SSSR count). The van der Waals surface area contributed by atoms with Gasteiger partial charge in [-0.2, -0.15) is 0 Å². The quantitative estimate of drug-likeness (QED) is 0.165. The van der Waals surface area contributed by atoms with E-state index in [0.29, 0.717) is 5.69 Å². The van der Waals surface area contributed by atoms with Crippen LogP contribution >= 0.6 is 0 Å². The number of aromatic nitrogens is 1. The summed E-state index contributed by atoms with van der Waals surface area (Å²) in [6.45, 7) is -0.0214. The van der Waals surface area contributed by atoms with Crippen LogP contribution in [0.25, 0.3) is 5.76 Å². The van der Waals surface area contributed by atoms with Gasteiger partial charge in [0.05, 0.1) is 36.0 Å². The number of ether oxygens (including phenoxy) is 1. The van der Waals surface area contributed by atoms with Crippen LogP contribution in [0.4, 0.5) is 5.69 Å². The van der Waals surface area contributed by atoms with Gasteiger partial charge in [-0.3, -0.25) is 24.7 Å². The first kappa shape index (κ1) is 21.1. The number of nitro groups is 1. The highest BCUT2D eigenvalue weighted by molar-refractivity contribution is 6.46. The predicted molar refractivity (Wildman–Crippen MR) is 104 cm³/mol. The first-order valence-corrected chi connectivity index (χ1v) is 9.08. The Balaban J connectivity index is 2.07. The maximum absolute atomic E-state index is 12.8. The molecule has 2 aromatic rings. The summed E-state index contributed by atoms with van der Waals surface area (Å²) in [5.74, 6) is -2.28. The van der Waals surface area contributed by atoms with Crippen LogP contribution in [-0.2, 0) is 14.3 Å². The summed E-state index contributed by atoms with van der Waals surface area (Å²) in [4.78, 5) is 41.3. The van der Waals surface area contributed by atoms with Gasteiger partial charge in [0.2, 0.25) is 0 Å². The molecule has 10 heteroatoms. The maximum atomic E-state index is 12.8. The molecule has 10 nitrogen and oxygen atoms in total. The van der Waals surface area contributed by atoms with E-state index in [2.05, 4.69) is 4.98 Å². The second-order valence-corrected chi connectivity index (χ2v) is 6.39. The topological polar surface area (TPSA) is 143 Å². The lowest BCUT2D eigenvalue weighted by Gasteiger charge is -2.24. The number of carbonyl (C=O) groups is 2. The fourth-order valence-electron chi connectivity index (χ4n) is 3.21. The molecule has 1 aromatic carbocycles. The molecule has 0 radical (unpaired) electrons. The SMILES string of the molecule is O=C1C(=O)N(CCOCCO)C(c2ccccn2)/C1=C(/O)c1cccc([N+](=O)[O-])c1. The van der Waals surface area contributed by atoms with Crippen molar-refractivity contribution >= 4 is 23.1 Å². The van der Waals surface area contributed by atoms with Crippen molar-refractivity contribution in [3.05, 3.63) is 75.6 Å². The van der Waals surface area contributed by atoms with Crippen LogP contribution in [0.1, 0.15) is 17.3 Å². The molecule has 1 aromatic heterocycles. The molecule has 1 aliphatic rings. The van der Waals surface area contributed by atoms with Gasteiger partial charge in [0.25, 0.3) is 17.4 Å². The zero-order chi connectivity index (χ0) is 21.7. The smallest absolute Gasteiger partial charge is 0.295 e. The minimum Gasteiger partial charge on any atom is -0.507 e. The van der Waals surface area contributed by atoms with Crippen molar-refractivity contribution in [1.82, 2.24) is 9.88 Å². The molecular formula is C20H19N3O7. The average molecular weight is 413 g/mol. The molecule has 0 bridgehead atoms. The van der Waals surface area contributed by atoms with E-state index >= 15 is 0 Å². The van der Waals surface area contributed by atoms with Crippen molar-refractivity contribution in [3.8, 4) is 0 Å². The Bertz CT molecular complexity index is 991. The number of nitrogens with zero attached hydrogens (tertiary/aromatic N) is 3. The first-order chi connectivity index (χ1) is 14.5. The summed E-state index contributed by atoms with van der Waals surface area (Å²) in [5, 5.41) is 30.7. The van der Waals surface area contributed by atoms with Crippen LogP contribution < -0.4 is 0 Å². The number of hydrogen-bond donors (Lipinski definition) is 2. The number of aliphatic hydroxyl groups excluding tert-OH is 2. The summed E-state index contributed by atoms with van der Waals surface area (Å²) in [7, 11) is 0. The van der Waals surface area contributed by atoms with Crippen LogP contribution in [0.2, 0.25) is 0 Å². The van der Waals surface area contributed by atoms with E-state index in [0.717, 1.165) is 6.07 Å². The van der Waals surface area contributed by atoms with Gasteiger partial charge in [-0.25, -0.2) is 0 Å². The Morgan fingerprint density at radius 1 is 1.20 bits per heavy atom. The summed E-state index contributed by atoms with van der Waals surface area (Å²) < 4.78 is 5.21. The van der Waals surface area contributed by atoms with Crippen LogP contribution in [0.15, 0.2) is 54.2 Å². The zero-order valence-corrected chi connectivity index (χ0v) is 15.8. The maximum Gasteiger partial charge on any atom is 0.295 e. The summed E-state index contributed by atoms with van der Waals surface area (Å²) >= 11 is 0. The van der Waals surface area contributed by atoms with Gasteiger partial charge in [0.1, 0.15) is 11.8 Å². The Morgan fingerprint density at radius 3 is 2.67 bits per heavy atom. The molecule has 1 fully saturated rings. The van der Waals surface area contributed by atoms with E-state index in [9.17, 15) is 24.8 Å². The van der Waals surface area contributed by atoms with Crippen LogP contribution in [0.3, 0.4) is 0 Å². The van der Waals surface area contributed by atoms with E-state index in [-0.39, 0.29) is 43.2 Å². The molecule has 1 atom stereocenters. The standard InChI is InChI=1S/C20H19N3O7/c24-9-11-30-10-8-22-17(15-6-1-2-7-21-15)16(19(26)20(22)27)18(25)13-4-3-5-14(12-13)23(28)29/h1-7,12,17,24-25H,8-11H2/b18-16-. The van der Waals surface area contributed by atoms with Crippen molar-refractivity contribution in [2.75, 3.05) is 26.4 Å². The molecule has 1 aliphatic heterocycles. The third-order valence-electron chi connectivity index (χ3n) is 4.55. The Labute approximate surface area is 171 Å². The fourth-order valence-corrected chi connectivity index (χ4v) is 3.21. The summed E-state index contributed by atoms with van der Waals surface area (Å²) in [6, 6.07) is 9.14. The molecule has 1 saturated heterocycles. The van der Waals surface area contributed by atoms with Gasteiger partial charge in [-0.15, -0.1) is 0 Å². The monoisotopic (exact) mass is 413 g/mol. The number of Topliss-reactive ketones (excluding diaryl/α,β-unsaturated/α-hetero) is 1. The van der Waals surface area contributed by atoms with Crippen molar-refractivity contribution in [1.29, 1.82) is 0 Å². The van der Waals surface area contributed by atoms with Gasteiger partial charge in [-0.05, 0) is 12.1 Å². The summed E-state index contributed by atoms with van der Waals surface area (Å²) in [5.41, 5.74) is -0.0769. The van der Waals surface area contributed by atoms with Crippen LogP contribution in [-0.4, -0.2) is 63.1 Å². The number of hydrogen-bond acceptors (Lipinski definition) is 8. The number of benzene rings is 1. The third-order valence-corrected chi connectivity index (χ3v) is 4.55. The Hall–Kier alpha value is -3.63. The van der Waals surface area contributed by atoms with Gasteiger partial charge in [0.15, 0.2) is 0 Å².